The maximum atomic E-state index is 13.6. The molecule has 0 saturated carbocycles. The molecule has 5 unspecified atom stereocenters. The summed E-state index contributed by atoms with van der Waals surface area (Å²) in [6, 6.07) is 14.7. The molecule has 7 heteroatoms. The van der Waals surface area contributed by atoms with Crippen molar-refractivity contribution in [1.82, 2.24) is 15.8 Å². The van der Waals surface area contributed by atoms with Crippen molar-refractivity contribution in [2.24, 2.45) is 5.92 Å². The van der Waals surface area contributed by atoms with Crippen LogP contribution >= 0.6 is 0 Å². The van der Waals surface area contributed by atoms with Crippen LogP contribution in [0.5, 0.6) is 11.5 Å². The van der Waals surface area contributed by atoms with Crippen LogP contribution in [0, 0.1) is 5.92 Å². The van der Waals surface area contributed by atoms with Crippen LogP contribution in [-0.2, 0) is 9.53 Å². The van der Waals surface area contributed by atoms with Crippen LogP contribution in [0.2, 0.25) is 0 Å². The van der Waals surface area contributed by atoms with Crippen molar-refractivity contribution in [2.45, 2.75) is 50.4 Å². The summed E-state index contributed by atoms with van der Waals surface area (Å²) in [5.41, 5.74) is 8.35. The lowest BCUT2D eigenvalue weighted by Crippen LogP contribution is -2.43. The van der Waals surface area contributed by atoms with Gasteiger partial charge in [-0.15, -0.1) is 0 Å². The Bertz CT molecular complexity index is 962. The Morgan fingerprint density at radius 2 is 2.00 bits per heavy atom. The minimum Gasteiger partial charge on any atom is -0.508 e. The minimum atomic E-state index is -0.369. The van der Waals surface area contributed by atoms with Crippen LogP contribution in [0.4, 0.5) is 0 Å². The van der Waals surface area contributed by atoms with Crippen LogP contribution < -0.4 is 15.6 Å². The minimum absolute atomic E-state index is 0.0661. The standard InChI is InChI=1S/C25H31N3O4/c1-2-12-31-17-8-5-7-16(14-17)24-21-22(19-10-3-4-11-20(19)29)26-27-23(21)25(30)28(24)15-18-9-6-13-32-18/h3-5,7-8,10-11,14,18,21-24,26-27,29H,2,6,9,12-13,15H2,1H3. The molecule has 32 heavy (non-hydrogen) atoms. The van der Waals surface area contributed by atoms with Gasteiger partial charge in [-0.3, -0.25) is 4.79 Å². The fourth-order valence-electron chi connectivity index (χ4n) is 5.34. The molecule has 0 bridgehead atoms. The quantitative estimate of drug-likeness (QED) is 0.618. The van der Waals surface area contributed by atoms with Gasteiger partial charge >= 0.3 is 0 Å². The number of carbonyl (C=O) groups is 1. The van der Waals surface area contributed by atoms with Crippen molar-refractivity contribution in [2.75, 3.05) is 19.8 Å². The monoisotopic (exact) mass is 437 g/mol. The summed E-state index contributed by atoms with van der Waals surface area (Å²) >= 11 is 0. The zero-order chi connectivity index (χ0) is 22.1. The number of hydrazine groups is 1. The van der Waals surface area contributed by atoms with E-state index in [0.29, 0.717) is 13.2 Å². The van der Waals surface area contributed by atoms with E-state index in [0.717, 1.165) is 42.7 Å². The van der Waals surface area contributed by atoms with Gasteiger partial charge in [0.15, 0.2) is 0 Å². The number of fused-ring (bicyclic) bond motifs is 1. The number of nitrogens with zero attached hydrogens (tertiary/aromatic N) is 1. The van der Waals surface area contributed by atoms with Gasteiger partial charge in [0, 0.05) is 24.6 Å². The van der Waals surface area contributed by atoms with E-state index in [4.69, 9.17) is 9.47 Å². The molecule has 2 aromatic carbocycles. The Morgan fingerprint density at radius 1 is 1.16 bits per heavy atom. The number of carbonyl (C=O) groups excluding carboxylic acids is 1. The molecule has 1 amide bonds. The number of ether oxygens (including phenoxy) is 2. The number of para-hydroxylation sites is 1. The fourth-order valence-corrected chi connectivity index (χ4v) is 5.34. The molecule has 3 saturated heterocycles. The van der Waals surface area contributed by atoms with E-state index >= 15 is 0 Å². The van der Waals surface area contributed by atoms with Crippen molar-refractivity contribution in [1.29, 1.82) is 0 Å². The van der Waals surface area contributed by atoms with E-state index in [-0.39, 0.29) is 41.8 Å². The van der Waals surface area contributed by atoms with Crippen LogP contribution in [0.15, 0.2) is 48.5 Å². The molecule has 170 valence electrons. The number of benzene rings is 2. The van der Waals surface area contributed by atoms with Gasteiger partial charge in [0.1, 0.15) is 17.5 Å². The highest BCUT2D eigenvalue weighted by Gasteiger charge is 2.56. The molecule has 3 fully saturated rings. The van der Waals surface area contributed by atoms with Crippen molar-refractivity contribution >= 4 is 5.91 Å². The molecule has 5 rings (SSSR count). The third kappa shape index (κ3) is 3.85. The molecule has 0 aromatic heterocycles. The SMILES string of the molecule is CCCOc1cccc(C2C3C(NNC3c3ccccc3O)C(=O)N2CC2CCCO2)c1. The van der Waals surface area contributed by atoms with Crippen LogP contribution in [0.1, 0.15) is 49.4 Å². The Kier molecular flexibility index (Phi) is 6.04. The van der Waals surface area contributed by atoms with Crippen molar-refractivity contribution in [3.63, 3.8) is 0 Å². The number of likely N-dealkylation sites (tertiary alicyclic amines) is 1. The molecular weight excluding hydrogens is 406 g/mol. The Hall–Kier alpha value is -2.61. The second-order valence-electron chi connectivity index (χ2n) is 8.87. The van der Waals surface area contributed by atoms with Crippen molar-refractivity contribution in [3.8, 4) is 11.5 Å². The summed E-state index contributed by atoms with van der Waals surface area (Å²) in [7, 11) is 0. The highest BCUT2D eigenvalue weighted by Crippen LogP contribution is 2.49. The molecule has 5 atom stereocenters. The molecule has 3 aliphatic rings. The third-order valence-corrected chi connectivity index (χ3v) is 6.78. The van der Waals surface area contributed by atoms with E-state index in [2.05, 4.69) is 29.9 Å². The first-order valence-electron chi connectivity index (χ1n) is 11.6. The number of phenols is 1. The summed E-state index contributed by atoms with van der Waals surface area (Å²) in [5.74, 6) is 1.03. The zero-order valence-electron chi connectivity index (χ0n) is 18.4. The van der Waals surface area contributed by atoms with Crippen LogP contribution in [0.3, 0.4) is 0 Å². The third-order valence-electron chi connectivity index (χ3n) is 6.78. The number of hydrogen-bond donors (Lipinski definition) is 3. The number of hydrogen-bond acceptors (Lipinski definition) is 6. The first-order valence-corrected chi connectivity index (χ1v) is 11.6. The highest BCUT2D eigenvalue weighted by molar-refractivity contribution is 5.86. The molecule has 7 nitrogen and oxygen atoms in total. The van der Waals surface area contributed by atoms with Gasteiger partial charge in [0.2, 0.25) is 5.91 Å². The average Bonchev–Trinajstić information content (AvgIpc) is 3.53. The van der Waals surface area contributed by atoms with Gasteiger partial charge in [-0.25, -0.2) is 10.9 Å². The molecule has 0 spiro atoms. The largest absolute Gasteiger partial charge is 0.508 e. The summed E-state index contributed by atoms with van der Waals surface area (Å²) in [6.45, 7) is 4.07. The first kappa shape index (κ1) is 21.2. The number of aromatic hydroxyl groups is 1. The normalized spacial score (nSPS) is 29.5. The molecule has 0 radical (unpaired) electrons. The molecule has 3 aliphatic heterocycles. The Balaban J connectivity index is 1.53. The predicted molar refractivity (Wildman–Crippen MR) is 120 cm³/mol. The second kappa shape index (κ2) is 9.10. The van der Waals surface area contributed by atoms with E-state index < -0.39 is 0 Å². The van der Waals surface area contributed by atoms with Gasteiger partial charge in [0.05, 0.1) is 24.8 Å². The highest BCUT2D eigenvalue weighted by atomic mass is 16.5. The van der Waals surface area contributed by atoms with E-state index in [1.807, 2.05) is 35.2 Å². The smallest absolute Gasteiger partial charge is 0.242 e. The van der Waals surface area contributed by atoms with Gasteiger partial charge in [-0.05, 0) is 43.0 Å². The molecule has 3 N–H and O–H groups in total. The zero-order valence-corrected chi connectivity index (χ0v) is 18.4. The maximum absolute atomic E-state index is 13.6. The molecule has 3 heterocycles. The average molecular weight is 438 g/mol. The summed E-state index contributed by atoms with van der Waals surface area (Å²) in [5, 5.41) is 10.5. The lowest BCUT2D eigenvalue weighted by molar-refractivity contribution is -0.132. The lowest BCUT2D eigenvalue weighted by atomic mass is 9.83. The maximum Gasteiger partial charge on any atom is 0.242 e. The van der Waals surface area contributed by atoms with Crippen molar-refractivity contribution in [3.05, 3.63) is 59.7 Å². The number of amides is 1. The van der Waals surface area contributed by atoms with Gasteiger partial charge in [-0.1, -0.05) is 37.3 Å². The van der Waals surface area contributed by atoms with Crippen molar-refractivity contribution < 1.29 is 19.4 Å². The Labute approximate surface area is 188 Å². The molecule has 2 aromatic rings. The van der Waals surface area contributed by atoms with Crippen LogP contribution in [-0.4, -0.2) is 47.8 Å². The second-order valence-corrected chi connectivity index (χ2v) is 8.87. The lowest BCUT2D eigenvalue weighted by Gasteiger charge is -2.33. The Morgan fingerprint density at radius 3 is 2.78 bits per heavy atom. The molecular formula is C25H31N3O4. The summed E-state index contributed by atoms with van der Waals surface area (Å²) < 4.78 is 11.8. The van der Waals surface area contributed by atoms with E-state index in [1.54, 1.807) is 6.07 Å². The van der Waals surface area contributed by atoms with E-state index in [9.17, 15) is 9.90 Å². The molecule has 0 aliphatic carbocycles. The topological polar surface area (TPSA) is 83.1 Å². The first-order chi connectivity index (χ1) is 15.7. The van der Waals surface area contributed by atoms with E-state index in [1.165, 1.54) is 0 Å². The summed E-state index contributed by atoms with van der Waals surface area (Å²) in [6.07, 6.45) is 3.01. The van der Waals surface area contributed by atoms with Gasteiger partial charge < -0.3 is 19.5 Å². The number of nitrogens with one attached hydrogen (secondary N) is 2. The van der Waals surface area contributed by atoms with Gasteiger partial charge in [-0.2, -0.15) is 0 Å². The summed E-state index contributed by atoms with van der Waals surface area (Å²) in [4.78, 5) is 15.5. The predicted octanol–water partition coefficient (Wildman–Crippen LogP) is 3.08. The van der Waals surface area contributed by atoms with Crippen LogP contribution in [0.25, 0.3) is 0 Å². The van der Waals surface area contributed by atoms with Gasteiger partial charge in [0.25, 0.3) is 0 Å². The fraction of sp³-hybridized carbons (Fsp3) is 0.480. The number of rotatable bonds is 7. The number of phenolic OH excluding ortho intramolecular Hbond substituents is 1.